The van der Waals surface area contributed by atoms with Crippen molar-refractivity contribution in [2.24, 2.45) is 58.0 Å². The molecule has 31 heavy (non-hydrogen) atoms. The number of piperidine rings is 1. The second-order valence-electron chi connectivity index (χ2n) is 13.6. The normalized spacial score (nSPS) is 63.3. The third kappa shape index (κ3) is 2.87. The number of fused-ring (bicyclic) bond motifs is 8. The molecule has 0 aromatic rings. The van der Waals surface area contributed by atoms with Gasteiger partial charge in [0.15, 0.2) is 5.79 Å². The Kier molecular flexibility index (Phi) is 4.78. The van der Waals surface area contributed by atoms with E-state index in [-0.39, 0.29) is 12.1 Å². The minimum Gasteiger partial charge on any atom is -0.364 e. The Bertz CT molecular complexity index is 730. The van der Waals surface area contributed by atoms with Crippen LogP contribution in [-0.4, -0.2) is 35.6 Å². The fourth-order valence-electron chi connectivity index (χ4n) is 10.8. The van der Waals surface area contributed by atoms with Crippen LogP contribution in [0.5, 0.6) is 0 Å². The maximum atomic E-state index is 11.6. The number of rotatable bonds is 0. The lowest BCUT2D eigenvalue weighted by Crippen LogP contribution is -2.68. The third-order valence-electron chi connectivity index (χ3n) is 12.1. The van der Waals surface area contributed by atoms with Crippen LogP contribution in [0.2, 0.25) is 0 Å². The number of nitrogens with two attached hydrogens (primary N) is 1. The van der Waals surface area contributed by atoms with Crippen LogP contribution < -0.4 is 11.1 Å². The maximum Gasteiger partial charge on any atom is 0.181 e. The predicted octanol–water partition coefficient (Wildman–Crippen LogP) is 4.30. The summed E-state index contributed by atoms with van der Waals surface area (Å²) in [6.45, 7) is 10.9. The Balaban J connectivity index is 1.30. The minimum atomic E-state index is -0.968. The van der Waals surface area contributed by atoms with E-state index in [9.17, 15) is 5.11 Å². The monoisotopic (exact) mass is 430 g/mol. The van der Waals surface area contributed by atoms with E-state index in [1.54, 1.807) is 0 Å². The number of hydrogen-bond donors (Lipinski definition) is 3. The van der Waals surface area contributed by atoms with Gasteiger partial charge in [0.1, 0.15) is 0 Å². The van der Waals surface area contributed by atoms with Crippen molar-refractivity contribution in [2.45, 2.75) is 109 Å². The van der Waals surface area contributed by atoms with Crippen LogP contribution >= 0.6 is 0 Å². The smallest absolute Gasteiger partial charge is 0.181 e. The lowest BCUT2D eigenvalue weighted by atomic mass is 9.44. The first-order valence-electron chi connectivity index (χ1n) is 13.5. The summed E-state index contributed by atoms with van der Waals surface area (Å²) < 4.78 is 6.70. The van der Waals surface area contributed by atoms with E-state index in [0.717, 1.165) is 36.6 Å². The van der Waals surface area contributed by atoms with Gasteiger partial charge in [-0.2, -0.15) is 0 Å². The molecule has 176 valence electrons. The van der Waals surface area contributed by atoms with Crippen LogP contribution in [0, 0.1) is 52.3 Å². The molecule has 4 nitrogen and oxygen atoms in total. The summed E-state index contributed by atoms with van der Waals surface area (Å²) in [7, 11) is 0. The molecule has 0 bridgehead atoms. The molecule has 0 amide bonds. The maximum absolute atomic E-state index is 11.6. The molecule has 6 fully saturated rings. The van der Waals surface area contributed by atoms with Crippen molar-refractivity contribution in [1.82, 2.24) is 5.32 Å². The zero-order valence-electron chi connectivity index (χ0n) is 20.3. The largest absolute Gasteiger partial charge is 0.364 e. The second kappa shape index (κ2) is 6.93. The molecule has 4 N–H and O–H groups in total. The van der Waals surface area contributed by atoms with Gasteiger partial charge in [-0.25, -0.2) is 0 Å². The number of ether oxygens (including phenoxy) is 1. The van der Waals surface area contributed by atoms with Crippen LogP contribution in [-0.2, 0) is 4.74 Å². The molecule has 0 aromatic carbocycles. The zero-order valence-corrected chi connectivity index (χ0v) is 20.3. The van der Waals surface area contributed by atoms with Crippen LogP contribution in [0.15, 0.2) is 0 Å². The lowest BCUT2D eigenvalue weighted by Gasteiger charge is -2.62. The van der Waals surface area contributed by atoms with Gasteiger partial charge in [0.05, 0.1) is 12.1 Å². The van der Waals surface area contributed by atoms with Crippen LogP contribution in [0.25, 0.3) is 0 Å². The molecule has 6 aliphatic rings. The van der Waals surface area contributed by atoms with E-state index < -0.39 is 5.79 Å². The van der Waals surface area contributed by atoms with Gasteiger partial charge in [0.2, 0.25) is 0 Å². The molecule has 4 aliphatic carbocycles. The van der Waals surface area contributed by atoms with Gasteiger partial charge in [-0.15, -0.1) is 0 Å². The summed E-state index contributed by atoms with van der Waals surface area (Å²) >= 11 is 0. The quantitative estimate of drug-likeness (QED) is 0.536. The molecule has 0 radical (unpaired) electrons. The van der Waals surface area contributed by atoms with Crippen molar-refractivity contribution in [2.75, 3.05) is 6.54 Å². The molecule has 2 heterocycles. The van der Waals surface area contributed by atoms with Crippen LogP contribution in [0.1, 0.15) is 85.5 Å². The van der Waals surface area contributed by atoms with Crippen LogP contribution in [0.3, 0.4) is 0 Å². The van der Waals surface area contributed by atoms with Crippen LogP contribution in [0.4, 0.5) is 0 Å². The van der Waals surface area contributed by atoms with Gasteiger partial charge >= 0.3 is 0 Å². The van der Waals surface area contributed by atoms with Crippen molar-refractivity contribution in [3.63, 3.8) is 0 Å². The summed E-state index contributed by atoms with van der Waals surface area (Å²) in [6.07, 6.45) is 11.5. The Hall–Kier alpha value is -0.160. The average molecular weight is 431 g/mol. The molecule has 0 unspecified atom stereocenters. The molecular formula is C27H46N2O2. The van der Waals surface area contributed by atoms with E-state index in [2.05, 4.69) is 33.0 Å². The van der Waals surface area contributed by atoms with Gasteiger partial charge in [-0.3, -0.25) is 0 Å². The van der Waals surface area contributed by atoms with E-state index >= 15 is 0 Å². The van der Waals surface area contributed by atoms with Gasteiger partial charge in [0.25, 0.3) is 0 Å². The molecule has 0 aromatic heterocycles. The van der Waals surface area contributed by atoms with E-state index in [0.29, 0.717) is 34.6 Å². The molecule has 13 atom stereocenters. The Morgan fingerprint density at radius 2 is 1.74 bits per heavy atom. The Morgan fingerprint density at radius 3 is 2.55 bits per heavy atom. The van der Waals surface area contributed by atoms with Crippen molar-refractivity contribution in [3.05, 3.63) is 0 Å². The fraction of sp³-hybridized carbons (Fsp3) is 1.00. The first-order chi connectivity index (χ1) is 14.7. The number of aliphatic hydroxyl groups is 1. The molecule has 4 saturated carbocycles. The van der Waals surface area contributed by atoms with Crippen molar-refractivity contribution >= 4 is 0 Å². The summed E-state index contributed by atoms with van der Waals surface area (Å²) in [6, 6.07) is 0.525. The lowest BCUT2D eigenvalue weighted by molar-refractivity contribution is -0.310. The summed E-state index contributed by atoms with van der Waals surface area (Å²) in [5.41, 5.74) is 7.27. The highest BCUT2D eigenvalue weighted by Crippen LogP contribution is 2.69. The molecule has 0 spiro atoms. The summed E-state index contributed by atoms with van der Waals surface area (Å²) in [5.74, 6) is 3.88. The third-order valence-corrected chi connectivity index (χ3v) is 12.1. The number of nitrogens with one attached hydrogen (secondary N) is 1. The predicted molar refractivity (Wildman–Crippen MR) is 123 cm³/mol. The average Bonchev–Trinajstić information content (AvgIpc) is 2.99. The highest BCUT2D eigenvalue weighted by atomic mass is 16.6. The highest BCUT2D eigenvalue weighted by Gasteiger charge is 2.67. The van der Waals surface area contributed by atoms with Crippen molar-refractivity contribution in [1.29, 1.82) is 0 Å². The molecular weight excluding hydrogens is 384 g/mol. The first kappa shape index (κ1) is 21.4. The molecule has 6 rings (SSSR count). The summed E-state index contributed by atoms with van der Waals surface area (Å²) in [5, 5.41) is 15.3. The van der Waals surface area contributed by atoms with Gasteiger partial charge in [0, 0.05) is 12.5 Å². The SMILES string of the molecule is C[C@H]1CN[C@@H]2[C@H](C)[C@H]3[C@H](C[C@H]4[C@@H]5CC[C@H]6C[C@@H](N)CC[C@]6(C)[C@H]5CC[C@]34C)O[C@]2(O)C1. The fourth-order valence-corrected chi connectivity index (χ4v) is 10.8. The van der Waals surface area contributed by atoms with E-state index in [1.165, 1.54) is 51.4 Å². The van der Waals surface area contributed by atoms with Crippen molar-refractivity contribution in [3.8, 4) is 0 Å². The topological polar surface area (TPSA) is 67.5 Å². The molecule has 2 aliphatic heterocycles. The number of hydrogen-bond acceptors (Lipinski definition) is 4. The molecule has 2 saturated heterocycles. The first-order valence-corrected chi connectivity index (χ1v) is 13.5. The second-order valence-corrected chi connectivity index (χ2v) is 13.6. The Morgan fingerprint density at radius 1 is 0.968 bits per heavy atom. The van der Waals surface area contributed by atoms with Gasteiger partial charge < -0.3 is 20.9 Å². The highest BCUT2D eigenvalue weighted by molar-refractivity contribution is 5.15. The van der Waals surface area contributed by atoms with Gasteiger partial charge in [-0.05, 0) is 110 Å². The summed E-state index contributed by atoms with van der Waals surface area (Å²) in [4.78, 5) is 0. The minimum absolute atomic E-state index is 0.0892. The van der Waals surface area contributed by atoms with E-state index in [4.69, 9.17) is 10.5 Å². The van der Waals surface area contributed by atoms with Crippen molar-refractivity contribution < 1.29 is 9.84 Å². The Labute approximate surface area is 189 Å². The standard InChI is InChI=1S/C27H46N2O2/c1-15-13-27(30)24(29-14-15)16(2)23-22(31-27)12-21-19-6-5-17-11-18(28)7-9-25(17,3)20(19)8-10-26(21,23)4/h15-24,29-30H,5-14,28H2,1-4H3/t15-,16-,17+,18+,19-,20+,21+,22+,23+,24-,25+,26+,27-/m1/s1. The van der Waals surface area contributed by atoms with Gasteiger partial charge in [-0.1, -0.05) is 27.7 Å². The van der Waals surface area contributed by atoms with E-state index in [1.807, 2.05) is 0 Å². The molecule has 4 heteroatoms. The zero-order chi connectivity index (χ0) is 21.8.